The summed E-state index contributed by atoms with van der Waals surface area (Å²) in [7, 11) is 0. The standard InChI is InChI=1S/C24H22N2O6S2/c27-17(11-14-7-3-1-4-8-14)25-18-21(28)26-19(23(29)30)16(13-34-22(18)26)12-33-20(24(31)32)15-9-5-2-6-10-15/h1-10,18,20,22H,11-13H2,(H,25,27)(H,29,30)(H,31,32)/t18-,20?,22-/m1/s1. The molecule has 4 rings (SSSR count). The van der Waals surface area contributed by atoms with Crippen molar-refractivity contribution in [1.82, 2.24) is 10.2 Å². The lowest BCUT2D eigenvalue weighted by Gasteiger charge is -2.49. The molecule has 2 aliphatic rings. The number of rotatable bonds is 9. The Morgan fingerprint density at radius 3 is 2.32 bits per heavy atom. The molecule has 0 bridgehead atoms. The highest BCUT2D eigenvalue weighted by atomic mass is 32.2. The minimum atomic E-state index is -1.24. The Morgan fingerprint density at radius 2 is 1.71 bits per heavy atom. The van der Waals surface area contributed by atoms with E-state index in [4.69, 9.17) is 0 Å². The predicted molar refractivity (Wildman–Crippen MR) is 129 cm³/mol. The highest BCUT2D eigenvalue weighted by Gasteiger charge is 2.54. The van der Waals surface area contributed by atoms with Crippen LogP contribution in [0.2, 0.25) is 0 Å². The van der Waals surface area contributed by atoms with E-state index in [9.17, 15) is 29.4 Å². The highest BCUT2D eigenvalue weighted by molar-refractivity contribution is 8.01. The smallest absolute Gasteiger partial charge is 0.352 e. The number of carboxylic acid groups (broad SMARTS) is 2. The summed E-state index contributed by atoms with van der Waals surface area (Å²) in [6.07, 6.45) is 0.127. The van der Waals surface area contributed by atoms with Crippen molar-refractivity contribution >= 4 is 47.3 Å². The van der Waals surface area contributed by atoms with Crippen LogP contribution in [-0.4, -0.2) is 61.8 Å². The molecule has 0 aromatic heterocycles. The van der Waals surface area contributed by atoms with Gasteiger partial charge in [-0.05, 0) is 16.7 Å². The normalized spacial score (nSPS) is 20.2. The van der Waals surface area contributed by atoms with Gasteiger partial charge in [-0.1, -0.05) is 60.7 Å². The molecule has 2 aromatic carbocycles. The third kappa shape index (κ3) is 4.97. The third-order valence-electron chi connectivity index (χ3n) is 5.52. The molecule has 2 aromatic rings. The molecule has 1 unspecified atom stereocenters. The van der Waals surface area contributed by atoms with Crippen LogP contribution in [0.4, 0.5) is 0 Å². The van der Waals surface area contributed by atoms with Gasteiger partial charge in [-0.15, -0.1) is 23.5 Å². The maximum Gasteiger partial charge on any atom is 0.352 e. The summed E-state index contributed by atoms with van der Waals surface area (Å²) < 4.78 is 0. The number of fused-ring (bicyclic) bond motifs is 1. The number of nitrogens with one attached hydrogen (secondary N) is 1. The molecule has 176 valence electrons. The molecule has 2 amide bonds. The van der Waals surface area contributed by atoms with E-state index < -0.39 is 34.5 Å². The van der Waals surface area contributed by atoms with E-state index in [0.29, 0.717) is 16.9 Å². The molecule has 2 heterocycles. The summed E-state index contributed by atoms with van der Waals surface area (Å²) in [6.45, 7) is 0. The van der Waals surface area contributed by atoms with E-state index in [1.807, 2.05) is 30.3 Å². The van der Waals surface area contributed by atoms with Crippen molar-refractivity contribution < 1.29 is 29.4 Å². The predicted octanol–water partition coefficient (Wildman–Crippen LogP) is 2.53. The van der Waals surface area contributed by atoms with Crippen LogP contribution in [0.1, 0.15) is 16.4 Å². The lowest BCUT2D eigenvalue weighted by Crippen LogP contribution is -2.70. The minimum absolute atomic E-state index is 0.119. The average molecular weight is 499 g/mol. The summed E-state index contributed by atoms with van der Waals surface area (Å²) >= 11 is 2.48. The lowest BCUT2D eigenvalue weighted by molar-refractivity contribution is -0.150. The van der Waals surface area contributed by atoms with Crippen molar-refractivity contribution in [2.45, 2.75) is 23.1 Å². The SMILES string of the molecule is O=C(Cc1ccccc1)N[C@@H]1C(=O)N2C(C(=O)O)=C(CSC(C(=O)O)c3ccccc3)CS[C@H]12. The molecule has 1 saturated heterocycles. The van der Waals surface area contributed by atoms with Crippen molar-refractivity contribution in [3.05, 3.63) is 83.1 Å². The molecule has 3 atom stereocenters. The molecule has 34 heavy (non-hydrogen) atoms. The third-order valence-corrected chi connectivity index (χ3v) is 8.19. The Labute approximate surface area is 204 Å². The zero-order chi connectivity index (χ0) is 24.2. The molecule has 0 spiro atoms. The van der Waals surface area contributed by atoms with Gasteiger partial charge in [-0.2, -0.15) is 0 Å². The largest absolute Gasteiger partial charge is 0.480 e. The fraction of sp³-hybridized carbons (Fsp3) is 0.250. The van der Waals surface area contributed by atoms with E-state index in [1.165, 1.54) is 16.7 Å². The van der Waals surface area contributed by atoms with Crippen LogP contribution in [-0.2, 0) is 25.6 Å². The fourth-order valence-corrected chi connectivity index (χ4v) is 6.50. The van der Waals surface area contributed by atoms with E-state index in [1.54, 1.807) is 30.3 Å². The Kier molecular flexibility index (Phi) is 7.28. The van der Waals surface area contributed by atoms with Gasteiger partial charge in [0.15, 0.2) is 0 Å². The van der Waals surface area contributed by atoms with Crippen LogP contribution >= 0.6 is 23.5 Å². The maximum absolute atomic E-state index is 12.8. The van der Waals surface area contributed by atoms with Gasteiger partial charge in [0.05, 0.1) is 6.42 Å². The number of aliphatic carboxylic acids is 2. The number of carboxylic acids is 2. The second-order valence-electron chi connectivity index (χ2n) is 7.81. The van der Waals surface area contributed by atoms with Crippen LogP contribution in [0.15, 0.2) is 71.9 Å². The van der Waals surface area contributed by atoms with Crippen molar-refractivity contribution in [1.29, 1.82) is 0 Å². The molecule has 0 saturated carbocycles. The molecule has 3 N–H and O–H groups in total. The zero-order valence-corrected chi connectivity index (χ0v) is 19.6. The number of carbonyl (C=O) groups is 4. The van der Waals surface area contributed by atoms with Gasteiger partial charge in [0.2, 0.25) is 5.91 Å². The Morgan fingerprint density at radius 1 is 1.06 bits per heavy atom. The number of amides is 2. The van der Waals surface area contributed by atoms with Crippen molar-refractivity contribution in [2.24, 2.45) is 0 Å². The van der Waals surface area contributed by atoms with Crippen LogP contribution in [0.3, 0.4) is 0 Å². The molecule has 2 aliphatic heterocycles. The average Bonchev–Trinajstić information content (AvgIpc) is 2.83. The molecule has 0 radical (unpaired) electrons. The van der Waals surface area contributed by atoms with Gasteiger partial charge in [0.1, 0.15) is 22.4 Å². The lowest BCUT2D eigenvalue weighted by atomic mass is 10.0. The summed E-state index contributed by atoms with van der Waals surface area (Å²) in [4.78, 5) is 50.3. The van der Waals surface area contributed by atoms with Gasteiger partial charge >= 0.3 is 11.9 Å². The summed E-state index contributed by atoms with van der Waals surface area (Å²) in [5.41, 5.74) is 1.80. The molecule has 1 fully saturated rings. The van der Waals surface area contributed by atoms with Gasteiger partial charge in [0.25, 0.3) is 5.91 Å². The number of hydrogen-bond donors (Lipinski definition) is 3. The maximum atomic E-state index is 12.8. The van der Waals surface area contributed by atoms with Crippen LogP contribution < -0.4 is 5.32 Å². The molecule has 0 aliphatic carbocycles. The topological polar surface area (TPSA) is 124 Å². The first-order chi connectivity index (χ1) is 16.4. The second-order valence-corrected chi connectivity index (χ2v) is 10.0. The van der Waals surface area contributed by atoms with Gasteiger partial charge < -0.3 is 15.5 Å². The zero-order valence-electron chi connectivity index (χ0n) is 17.9. The first-order valence-electron chi connectivity index (χ1n) is 10.5. The fourth-order valence-electron chi connectivity index (χ4n) is 3.92. The molecular weight excluding hydrogens is 476 g/mol. The number of thioether (sulfide) groups is 2. The molecular formula is C24H22N2O6S2. The van der Waals surface area contributed by atoms with Gasteiger partial charge in [-0.3, -0.25) is 19.3 Å². The van der Waals surface area contributed by atoms with Crippen LogP contribution in [0.25, 0.3) is 0 Å². The van der Waals surface area contributed by atoms with Crippen molar-refractivity contribution in [3.8, 4) is 0 Å². The monoisotopic (exact) mass is 498 g/mol. The molecule has 8 nitrogen and oxygen atoms in total. The van der Waals surface area contributed by atoms with E-state index in [-0.39, 0.29) is 23.8 Å². The van der Waals surface area contributed by atoms with E-state index in [0.717, 1.165) is 17.3 Å². The van der Waals surface area contributed by atoms with Crippen molar-refractivity contribution in [3.63, 3.8) is 0 Å². The number of nitrogens with zero attached hydrogens (tertiary/aromatic N) is 1. The first-order valence-corrected chi connectivity index (χ1v) is 12.6. The minimum Gasteiger partial charge on any atom is -0.480 e. The number of carbonyl (C=O) groups excluding carboxylic acids is 2. The number of β-lactam (4-membered cyclic amide) rings is 1. The van der Waals surface area contributed by atoms with Gasteiger partial charge in [0, 0.05) is 11.5 Å². The Balaban J connectivity index is 1.45. The number of hydrogen-bond acceptors (Lipinski definition) is 6. The molecule has 10 heteroatoms. The van der Waals surface area contributed by atoms with Crippen molar-refractivity contribution in [2.75, 3.05) is 11.5 Å². The quantitative estimate of drug-likeness (QED) is 0.451. The summed E-state index contributed by atoms with van der Waals surface area (Å²) in [5, 5.41) is 20.8. The van der Waals surface area contributed by atoms with Crippen LogP contribution in [0.5, 0.6) is 0 Å². The number of benzene rings is 2. The second kappa shape index (κ2) is 10.4. The first kappa shape index (κ1) is 23.9. The van der Waals surface area contributed by atoms with E-state index >= 15 is 0 Å². The van der Waals surface area contributed by atoms with E-state index in [2.05, 4.69) is 5.32 Å². The highest BCUT2D eigenvalue weighted by Crippen LogP contribution is 2.42. The Hall–Kier alpha value is -3.24. The summed E-state index contributed by atoms with van der Waals surface area (Å²) in [5.74, 6) is -2.56. The van der Waals surface area contributed by atoms with Gasteiger partial charge in [-0.25, -0.2) is 4.79 Å². The Bertz CT molecular complexity index is 1140. The summed E-state index contributed by atoms with van der Waals surface area (Å²) in [6, 6.07) is 17.1. The van der Waals surface area contributed by atoms with Crippen LogP contribution in [0, 0.1) is 0 Å².